The summed E-state index contributed by atoms with van der Waals surface area (Å²) in [7, 11) is 0. The van der Waals surface area contributed by atoms with Gasteiger partial charge in [-0.2, -0.15) is 5.26 Å². The minimum atomic E-state index is -1.24. The number of ether oxygens (including phenoxy) is 1. The molecule has 0 aliphatic carbocycles. The van der Waals surface area contributed by atoms with Crippen LogP contribution in [0.3, 0.4) is 0 Å². The zero-order chi connectivity index (χ0) is 20.0. The number of esters is 1. The predicted octanol–water partition coefficient (Wildman–Crippen LogP) is 2.75. The molecule has 0 saturated carbocycles. The quantitative estimate of drug-likeness (QED) is 0.571. The van der Waals surface area contributed by atoms with Crippen molar-refractivity contribution in [1.82, 2.24) is 0 Å². The third kappa shape index (κ3) is 4.89. The average Bonchev–Trinajstić information content (AvgIpc) is 3.16. The lowest BCUT2D eigenvalue weighted by atomic mass is 10.0. The number of furan rings is 1. The van der Waals surface area contributed by atoms with Crippen molar-refractivity contribution in [1.29, 1.82) is 10.7 Å². The summed E-state index contributed by atoms with van der Waals surface area (Å²) in [5.74, 6) is -3.04. The van der Waals surface area contributed by atoms with Crippen molar-refractivity contribution < 1.29 is 23.5 Å². The van der Waals surface area contributed by atoms with Crippen LogP contribution in [0.25, 0.3) is 0 Å². The zero-order valence-electron chi connectivity index (χ0n) is 14.7. The molecule has 0 spiro atoms. The van der Waals surface area contributed by atoms with E-state index in [1.807, 2.05) is 0 Å². The number of rotatable bonds is 7. The number of hydrogen-bond acceptors (Lipinski definition) is 7. The van der Waals surface area contributed by atoms with Crippen LogP contribution in [-0.2, 0) is 9.53 Å². The Morgan fingerprint density at radius 1 is 1.33 bits per heavy atom. The molecule has 2 aromatic rings. The number of anilines is 1. The minimum absolute atomic E-state index is 0.114. The fraction of sp³-hybridized carbons (Fsp3) is 0.211. The maximum Gasteiger partial charge on any atom is 0.338 e. The Balaban J connectivity index is 2.07. The molecule has 2 rings (SSSR count). The predicted molar refractivity (Wildman–Crippen MR) is 95.6 cm³/mol. The first-order chi connectivity index (χ1) is 12.8. The van der Waals surface area contributed by atoms with Gasteiger partial charge in [0.2, 0.25) is 0 Å². The summed E-state index contributed by atoms with van der Waals surface area (Å²) in [6.45, 7) is 2.47. The van der Waals surface area contributed by atoms with E-state index in [-0.39, 0.29) is 17.0 Å². The molecule has 0 fully saturated rings. The largest absolute Gasteiger partial charge is 0.459 e. The number of hydrogen-bond donors (Lipinski definition) is 2. The van der Waals surface area contributed by atoms with Crippen LogP contribution in [0.15, 0.2) is 41.0 Å². The highest BCUT2D eigenvalue weighted by Gasteiger charge is 2.22. The molecule has 8 nitrogen and oxygen atoms in total. The number of benzene rings is 1. The first-order valence-electron chi connectivity index (χ1n) is 7.93. The van der Waals surface area contributed by atoms with Gasteiger partial charge in [0.05, 0.1) is 17.9 Å². The highest BCUT2D eigenvalue weighted by Crippen LogP contribution is 2.19. The molecule has 0 unspecified atom stereocenters. The number of Topliss-reactive ketones (excluding diaryl/α,β-unsaturated/α-hetero) is 1. The molecule has 1 heterocycles. The van der Waals surface area contributed by atoms with Crippen molar-refractivity contribution in [2.75, 3.05) is 11.9 Å². The second-order valence-electron chi connectivity index (χ2n) is 5.75. The van der Waals surface area contributed by atoms with Gasteiger partial charge >= 0.3 is 5.97 Å². The number of nitriles is 1. The third-order valence-corrected chi connectivity index (χ3v) is 3.70. The van der Waals surface area contributed by atoms with Crippen molar-refractivity contribution in [3.05, 3.63) is 53.5 Å². The van der Waals surface area contributed by atoms with E-state index in [0.29, 0.717) is 11.3 Å². The van der Waals surface area contributed by atoms with Crippen molar-refractivity contribution in [3.8, 4) is 6.07 Å². The topological polar surface area (TPSA) is 133 Å². The lowest BCUT2D eigenvalue weighted by Crippen LogP contribution is -2.25. The second kappa shape index (κ2) is 8.58. The van der Waals surface area contributed by atoms with Crippen LogP contribution >= 0.6 is 0 Å². The summed E-state index contributed by atoms with van der Waals surface area (Å²) in [6, 6.07) is 9.32. The van der Waals surface area contributed by atoms with Gasteiger partial charge in [0, 0.05) is 11.4 Å². The van der Waals surface area contributed by atoms with Crippen LogP contribution in [-0.4, -0.2) is 30.0 Å². The van der Waals surface area contributed by atoms with Crippen molar-refractivity contribution in [2.24, 2.45) is 5.92 Å². The van der Waals surface area contributed by atoms with Gasteiger partial charge in [0.15, 0.2) is 18.2 Å². The van der Waals surface area contributed by atoms with Gasteiger partial charge < -0.3 is 19.9 Å². The number of nitrogens with zero attached hydrogens (tertiary/aromatic N) is 1. The van der Waals surface area contributed by atoms with Gasteiger partial charge in [0.1, 0.15) is 5.92 Å². The van der Waals surface area contributed by atoms with Crippen molar-refractivity contribution in [2.45, 2.75) is 13.8 Å². The molecule has 1 amide bonds. The molecular weight excluding hydrogens is 350 g/mol. The number of carbonyl (C=O) groups is 3. The lowest BCUT2D eigenvalue weighted by molar-refractivity contribution is -0.122. The summed E-state index contributed by atoms with van der Waals surface area (Å²) in [5.41, 5.74) is 1.12. The van der Waals surface area contributed by atoms with E-state index in [9.17, 15) is 14.4 Å². The molecule has 1 atom stereocenters. The Bertz CT molecular complexity index is 925. The number of carbonyl (C=O) groups excluding carboxylic acids is 3. The summed E-state index contributed by atoms with van der Waals surface area (Å²) >= 11 is 0. The minimum Gasteiger partial charge on any atom is -0.459 e. The zero-order valence-corrected chi connectivity index (χ0v) is 14.7. The fourth-order valence-corrected chi connectivity index (χ4v) is 2.19. The van der Waals surface area contributed by atoms with E-state index in [2.05, 4.69) is 5.32 Å². The van der Waals surface area contributed by atoms with Crippen LogP contribution < -0.4 is 5.32 Å². The van der Waals surface area contributed by atoms with Gasteiger partial charge in [-0.05, 0) is 43.7 Å². The molecule has 0 radical (unpaired) electrons. The first kappa shape index (κ1) is 19.6. The SMILES string of the molecule is CC(=N)[C@H](C#N)C(=O)COC(=O)c1ccc(C)c(NC(=O)c2ccco2)c1. The summed E-state index contributed by atoms with van der Waals surface area (Å²) < 4.78 is 9.94. The van der Waals surface area contributed by atoms with E-state index in [1.54, 1.807) is 25.1 Å². The Labute approximate surface area is 155 Å². The molecule has 2 N–H and O–H groups in total. The molecule has 0 saturated heterocycles. The number of aryl methyl sites for hydroxylation is 1. The Morgan fingerprint density at radius 3 is 2.67 bits per heavy atom. The molecule has 0 bridgehead atoms. The molecule has 8 heteroatoms. The number of nitrogens with one attached hydrogen (secondary N) is 2. The van der Waals surface area contributed by atoms with Gasteiger partial charge in [-0.1, -0.05) is 6.07 Å². The third-order valence-electron chi connectivity index (χ3n) is 3.70. The van der Waals surface area contributed by atoms with Gasteiger partial charge in [-0.15, -0.1) is 0 Å². The second-order valence-corrected chi connectivity index (χ2v) is 5.75. The Hall–Kier alpha value is -3.73. The molecule has 1 aromatic heterocycles. The van der Waals surface area contributed by atoms with Crippen molar-refractivity contribution >= 4 is 29.1 Å². The summed E-state index contributed by atoms with van der Waals surface area (Å²) in [6.07, 6.45) is 1.37. The first-order valence-corrected chi connectivity index (χ1v) is 7.93. The molecule has 1 aromatic carbocycles. The molecule has 0 aliphatic rings. The van der Waals surface area contributed by atoms with Crippen molar-refractivity contribution in [3.63, 3.8) is 0 Å². The number of amides is 1. The molecular formula is C19H17N3O5. The molecule has 27 heavy (non-hydrogen) atoms. The molecule has 138 valence electrons. The smallest absolute Gasteiger partial charge is 0.338 e. The standard InChI is InChI=1S/C19H17N3O5/c1-11-5-6-13(8-15(11)22-18(24)17-4-3-7-26-17)19(25)27-10-16(23)14(9-20)12(2)21/h3-8,14,21H,10H2,1-2H3,(H,22,24)/t14-/m0/s1. The van der Waals surface area contributed by atoms with Crippen LogP contribution in [0.2, 0.25) is 0 Å². The summed E-state index contributed by atoms with van der Waals surface area (Å²) in [4.78, 5) is 36.1. The Kier molecular flexibility index (Phi) is 6.23. The van der Waals surface area contributed by atoms with E-state index in [0.717, 1.165) is 0 Å². The average molecular weight is 367 g/mol. The van der Waals surface area contributed by atoms with Gasteiger partial charge in [-0.3, -0.25) is 9.59 Å². The monoisotopic (exact) mass is 367 g/mol. The van der Waals surface area contributed by atoms with E-state index < -0.39 is 30.2 Å². The Morgan fingerprint density at radius 2 is 2.07 bits per heavy atom. The van der Waals surface area contributed by atoms with E-state index >= 15 is 0 Å². The maximum absolute atomic E-state index is 12.2. The van der Waals surface area contributed by atoms with E-state index in [1.165, 1.54) is 31.4 Å². The van der Waals surface area contributed by atoms with Crippen LogP contribution in [0.5, 0.6) is 0 Å². The summed E-state index contributed by atoms with van der Waals surface area (Å²) in [5, 5.41) is 18.9. The highest BCUT2D eigenvalue weighted by atomic mass is 16.5. The normalized spacial score (nSPS) is 11.1. The van der Waals surface area contributed by atoms with Crippen LogP contribution in [0.1, 0.15) is 33.4 Å². The van der Waals surface area contributed by atoms with Gasteiger partial charge in [0.25, 0.3) is 5.91 Å². The molecule has 0 aliphatic heterocycles. The van der Waals surface area contributed by atoms with Crippen LogP contribution in [0.4, 0.5) is 5.69 Å². The van der Waals surface area contributed by atoms with Crippen LogP contribution in [0, 0.1) is 29.6 Å². The van der Waals surface area contributed by atoms with Gasteiger partial charge in [-0.25, -0.2) is 4.79 Å². The van der Waals surface area contributed by atoms with E-state index in [4.69, 9.17) is 19.8 Å². The highest BCUT2D eigenvalue weighted by molar-refractivity contribution is 6.06. The fourth-order valence-electron chi connectivity index (χ4n) is 2.19. The number of ketones is 1. The maximum atomic E-state index is 12.2. The lowest BCUT2D eigenvalue weighted by Gasteiger charge is -2.10.